The molecule has 106 valence electrons. The Labute approximate surface area is 116 Å². The first kappa shape index (κ1) is 14.1. The third kappa shape index (κ3) is 4.39. The maximum Gasteiger partial charge on any atom is 0.139 e. The fourth-order valence-corrected chi connectivity index (χ4v) is 2.32. The molecule has 1 aliphatic heterocycles. The van der Waals surface area contributed by atoms with Crippen LogP contribution in [0.3, 0.4) is 0 Å². The summed E-state index contributed by atoms with van der Waals surface area (Å²) in [7, 11) is 0. The number of ether oxygens (including phenoxy) is 1. The van der Waals surface area contributed by atoms with Gasteiger partial charge in [0.05, 0.1) is 24.7 Å². The monoisotopic (exact) mass is 263 g/mol. The van der Waals surface area contributed by atoms with Crippen molar-refractivity contribution in [1.29, 1.82) is 0 Å². The van der Waals surface area contributed by atoms with Crippen LogP contribution in [-0.2, 0) is 0 Å². The lowest BCUT2D eigenvalue weighted by molar-refractivity contribution is 0.288. The van der Waals surface area contributed by atoms with Crippen molar-refractivity contribution in [3.8, 4) is 5.75 Å². The highest BCUT2D eigenvalue weighted by Crippen LogP contribution is 2.22. The Morgan fingerprint density at radius 1 is 1.47 bits per heavy atom. The van der Waals surface area contributed by atoms with Crippen LogP contribution in [0.4, 0.5) is 5.69 Å². The van der Waals surface area contributed by atoms with Gasteiger partial charge in [0, 0.05) is 25.2 Å². The Bertz CT molecular complexity index is 395. The van der Waals surface area contributed by atoms with E-state index in [9.17, 15) is 0 Å². The minimum atomic E-state index is 0.277. The summed E-state index contributed by atoms with van der Waals surface area (Å²) in [5.41, 5.74) is 7.14. The Kier molecular flexibility index (Phi) is 5.02. The van der Waals surface area contributed by atoms with Crippen LogP contribution in [0.5, 0.6) is 5.75 Å². The standard InChI is InChI=1S/C15H25N3O/c1-12(2)5-7-19-15-8-14(9-17-10-15)18-6-3-4-13(16)11-18/h8-10,12-13H,3-7,11,16H2,1-2H3. The largest absolute Gasteiger partial charge is 0.492 e. The van der Waals surface area contributed by atoms with Gasteiger partial charge in [-0.3, -0.25) is 4.98 Å². The first-order valence-electron chi connectivity index (χ1n) is 7.23. The summed E-state index contributed by atoms with van der Waals surface area (Å²) in [6.45, 7) is 7.13. The summed E-state index contributed by atoms with van der Waals surface area (Å²) in [6.07, 6.45) is 7.02. The fraction of sp³-hybridized carbons (Fsp3) is 0.667. The molecule has 1 fully saturated rings. The maximum absolute atomic E-state index is 6.02. The van der Waals surface area contributed by atoms with Crippen molar-refractivity contribution in [2.75, 3.05) is 24.6 Å². The summed E-state index contributed by atoms with van der Waals surface area (Å²) in [4.78, 5) is 6.58. The average Bonchev–Trinajstić information content (AvgIpc) is 2.39. The molecule has 1 aromatic heterocycles. The van der Waals surface area contributed by atoms with Gasteiger partial charge in [-0.2, -0.15) is 0 Å². The van der Waals surface area contributed by atoms with Crippen molar-refractivity contribution < 1.29 is 4.74 Å². The summed E-state index contributed by atoms with van der Waals surface area (Å²) < 4.78 is 5.75. The number of hydrogen-bond acceptors (Lipinski definition) is 4. The van der Waals surface area contributed by atoms with Crippen LogP contribution in [0.25, 0.3) is 0 Å². The summed E-state index contributed by atoms with van der Waals surface area (Å²) >= 11 is 0. The second-order valence-electron chi connectivity index (χ2n) is 5.76. The number of piperidine rings is 1. The molecule has 1 atom stereocenters. The van der Waals surface area contributed by atoms with E-state index in [1.54, 1.807) is 6.20 Å². The Morgan fingerprint density at radius 3 is 3.05 bits per heavy atom. The summed E-state index contributed by atoms with van der Waals surface area (Å²) in [6, 6.07) is 2.35. The number of hydrogen-bond donors (Lipinski definition) is 1. The quantitative estimate of drug-likeness (QED) is 0.886. The van der Waals surface area contributed by atoms with Gasteiger partial charge in [0.2, 0.25) is 0 Å². The zero-order valence-electron chi connectivity index (χ0n) is 12.0. The van der Waals surface area contributed by atoms with Crippen LogP contribution >= 0.6 is 0 Å². The highest BCUT2D eigenvalue weighted by Gasteiger charge is 2.17. The number of aromatic nitrogens is 1. The van der Waals surface area contributed by atoms with Gasteiger partial charge in [-0.15, -0.1) is 0 Å². The summed E-state index contributed by atoms with van der Waals surface area (Å²) in [5, 5.41) is 0. The molecule has 4 nitrogen and oxygen atoms in total. The molecule has 1 aliphatic rings. The van der Waals surface area contributed by atoms with E-state index in [2.05, 4.69) is 29.8 Å². The molecule has 19 heavy (non-hydrogen) atoms. The van der Waals surface area contributed by atoms with Gasteiger partial charge in [-0.05, 0) is 25.2 Å². The third-order valence-electron chi connectivity index (χ3n) is 3.49. The van der Waals surface area contributed by atoms with Gasteiger partial charge >= 0.3 is 0 Å². The van der Waals surface area contributed by atoms with Gasteiger partial charge in [-0.25, -0.2) is 0 Å². The molecule has 0 aliphatic carbocycles. The number of nitrogens with two attached hydrogens (primary N) is 1. The van der Waals surface area contributed by atoms with E-state index in [1.807, 2.05) is 6.20 Å². The minimum absolute atomic E-state index is 0.277. The molecule has 1 unspecified atom stereocenters. The lowest BCUT2D eigenvalue weighted by Crippen LogP contribution is -2.42. The van der Waals surface area contributed by atoms with Crippen LogP contribution in [0.2, 0.25) is 0 Å². The Morgan fingerprint density at radius 2 is 2.32 bits per heavy atom. The lowest BCUT2D eigenvalue weighted by atomic mass is 10.1. The number of pyridine rings is 1. The van der Waals surface area contributed by atoms with Crippen LogP contribution in [0, 0.1) is 5.92 Å². The summed E-state index contributed by atoms with van der Waals surface area (Å²) in [5.74, 6) is 1.52. The smallest absolute Gasteiger partial charge is 0.139 e. The van der Waals surface area contributed by atoms with Crippen molar-refractivity contribution in [2.45, 2.75) is 39.2 Å². The topological polar surface area (TPSA) is 51.4 Å². The van der Waals surface area contributed by atoms with Crippen LogP contribution in [0.1, 0.15) is 33.1 Å². The van der Waals surface area contributed by atoms with E-state index in [0.29, 0.717) is 5.92 Å². The second-order valence-corrected chi connectivity index (χ2v) is 5.76. The van der Waals surface area contributed by atoms with E-state index in [0.717, 1.165) is 50.4 Å². The molecule has 0 spiro atoms. The van der Waals surface area contributed by atoms with E-state index in [4.69, 9.17) is 10.5 Å². The fourth-order valence-electron chi connectivity index (χ4n) is 2.32. The number of rotatable bonds is 5. The van der Waals surface area contributed by atoms with Crippen molar-refractivity contribution in [1.82, 2.24) is 4.98 Å². The maximum atomic E-state index is 6.02. The average molecular weight is 263 g/mol. The predicted octanol–water partition coefficient (Wildman–Crippen LogP) is 2.43. The minimum Gasteiger partial charge on any atom is -0.492 e. The van der Waals surface area contributed by atoms with E-state index < -0.39 is 0 Å². The van der Waals surface area contributed by atoms with Gasteiger partial charge in [0.1, 0.15) is 5.75 Å². The molecular weight excluding hydrogens is 238 g/mol. The molecule has 0 amide bonds. The van der Waals surface area contributed by atoms with E-state index >= 15 is 0 Å². The molecular formula is C15H25N3O. The molecule has 1 saturated heterocycles. The molecule has 0 aromatic carbocycles. The molecule has 4 heteroatoms. The molecule has 2 heterocycles. The third-order valence-corrected chi connectivity index (χ3v) is 3.49. The molecule has 0 saturated carbocycles. The zero-order chi connectivity index (χ0) is 13.7. The Hall–Kier alpha value is -1.29. The molecule has 0 bridgehead atoms. The van der Waals surface area contributed by atoms with Crippen molar-refractivity contribution in [3.05, 3.63) is 18.5 Å². The number of nitrogens with zero attached hydrogens (tertiary/aromatic N) is 2. The molecule has 2 N–H and O–H groups in total. The highest BCUT2D eigenvalue weighted by atomic mass is 16.5. The molecule has 0 radical (unpaired) electrons. The van der Waals surface area contributed by atoms with E-state index in [1.165, 1.54) is 0 Å². The number of anilines is 1. The van der Waals surface area contributed by atoms with Crippen molar-refractivity contribution in [2.24, 2.45) is 11.7 Å². The normalized spacial score (nSPS) is 19.8. The second kappa shape index (κ2) is 6.75. The zero-order valence-corrected chi connectivity index (χ0v) is 12.0. The van der Waals surface area contributed by atoms with Crippen LogP contribution < -0.4 is 15.4 Å². The Balaban J connectivity index is 1.94. The predicted molar refractivity (Wildman–Crippen MR) is 78.6 cm³/mol. The first-order valence-corrected chi connectivity index (χ1v) is 7.23. The lowest BCUT2D eigenvalue weighted by Gasteiger charge is -2.32. The highest BCUT2D eigenvalue weighted by molar-refractivity contribution is 5.48. The van der Waals surface area contributed by atoms with Crippen molar-refractivity contribution >= 4 is 5.69 Å². The van der Waals surface area contributed by atoms with Gasteiger partial charge < -0.3 is 15.4 Å². The van der Waals surface area contributed by atoms with Gasteiger partial charge in [-0.1, -0.05) is 13.8 Å². The SMILES string of the molecule is CC(C)CCOc1cncc(N2CCCC(N)C2)c1. The van der Waals surface area contributed by atoms with Crippen LogP contribution in [0.15, 0.2) is 18.5 Å². The van der Waals surface area contributed by atoms with Gasteiger partial charge in [0.25, 0.3) is 0 Å². The van der Waals surface area contributed by atoms with E-state index in [-0.39, 0.29) is 6.04 Å². The molecule has 2 rings (SSSR count). The first-order chi connectivity index (χ1) is 9.15. The molecule has 1 aromatic rings. The van der Waals surface area contributed by atoms with Gasteiger partial charge in [0.15, 0.2) is 0 Å². The van der Waals surface area contributed by atoms with Crippen molar-refractivity contribution in [3.63, 3.8) is 0 Å². The van der Waals surface area contributed by atoms with Crippen LogP contribution in [-0.4, -0.2) is 30.7 Å².